The zero-order valence-corrected chi connectivity index (χ0v) is 14.3. The lowest BCUT2D eigenvalue weighted by Crippen LogP contribution is -2.27. The van der Waals surface area contributed by atoms with Crippen LogP contribution in [0.5, 0.6) is 0 Å². The molecule has 0 atom stereocenters. The van der Waals surface area contributed by atoms with Crippen molar-refractivity contribution in [3.8, 4) is 0 Å². The van der Waals surface area contributed by atoms with Gasteiger partial charge in [0, 0.05) is 22.3 Å². The second kappa shape index (κ2) is 9.09. The molecule has 0 fully saturated rings. The second-order valence-electron chi connectivity index (χ2n) is 4.81. The molecule has 0 heterocycles. The molecule has 2 aromatic rings. The van der Waals surface area contributed by atoms with Gasteiger partial charge in [0.2, 0.25) is 5.91 Å². The summed E-state index contributed by atoms with van der Waals surface area (Å²) in [5, 5.41) is 4.19. The molecule has 0 aliphatic rings. The van der Waals surface area contributed by atoms with Crippen molar-refractivity contribution in [1.29, 1.82) is 0 Å². The molecule has 116 valence electrons. The summed E-state index contributed by atoms with van der Waals surface area (Å²) in [7, 11) is 0. The predicted molar refractivity (Wildman–Crippen MR) is 95.8 cm³/mol. The van der Waals surface area contributed by atoms with Crippen molar-refractivity contribution >= 4 is 40.9 Å². The first-order valence-corrected chi connectivity index (χ1v) is 8.88. The first-order chi connectivity index (χ1) is 10.6. The Labute approximate surface area is 145 Å². The number of halogens is 2. The van der Waals surface area contributed by atoms with Crippen LogP contribution in [0.1, 0.15) is 11.1 Å². The molecule has 1 N–H and O–H groups in total. The fourth-order valence-electron chi connectivity index (χ4n) is 1.93. The van der Waals surface area contributed by atoms with Crippen LogP contribution in [0.15, 0.2) is 48.5 Å². The van der Waals surface area contributed by atoms with Crippen molar-refractivity contribution in [2.45, 2.75) is 12.2 Å². The molecule has 0 aliphatic carbocycles. The Hall–Kier alpha value is -1.16. The lowest BCUT2D eigenvalue weighted by atomic mass is 10.1. The van der Waals surface area contributed by atoms with Crippen molar-refractivity contribution in [2.75, 3.05) is 12.3 Å². The minimum absolute atomic E-state index is 0.0472. The summed E-state index contributed by atoms with van der Waals surface area (Å²) in [6.07, 6.45) is 0.847. The summed E-state index contributed by atoms with van der Waals surface area (Å²) in [5.41, 5.74) is 2.22. The van der Waals surface area contributed by atoms with Crippen molar-refractivity contribution in [1.82, 2.24) is 5.32 Å². The fraction of sp³-hybridized carbons (Fsp3) is 0.235. The van der Waals surface area contributed by atoms with Crippen LogP contribution in [0, 0.1) is 0 Å². The number of rotatable bonds is 7. The summed E-state index contributed by atoms with van der Waals surface area (Å²) in [5.74, 6) is 1.17. The molecule has 0 spiro atoms. The van der Waals surface area contributed by atoms with Crippen molar-refractivity contribution in [3.05, 3.63) is 69.7 Å². The van der Waals surface area contributed by atoms with Crippen LogP contribution in [0.3, 0.4) is 0 Å². The Bertz CT molecular complexity index is 619. The molecule has 0 aliphatic heterocycles. The Morgan fingerprint density at radius 3 is 2.59 bits per heavy atom. The summed E-state index contributed by atoms with van der Waals surface area (Å²) in [4.78, 5) is 11.8. The Balaban J connectivity index is 1.65. The molecule has 22 heavy (non-hydrogen) atoms. The number of nitrogens with one attached hydrogen (secondary N) is 1. The van der Waals surface area contributed by atoms with E-state index in [1.807, 2.05) is 30.3 Å². The van der Waals surface area contributed by atoms with Gasteiger partial charge in [0.1, 0.15) is 0 Å². The highest BCUT2D eigenvalue weighted by atomic mass is 35.5. The van der Waals surface area contributed by atoms with E-state index in [9.17, 15) is 4.79 Å². The second-order valence-corrected chi connectivity index (χ2v) is 6.64. The van der Waals surface area contributed by atoms with Gasteiger partial charge >= 0.3 is 0 Å². The molecule has 0 aromatic heterocycles. The van der Waals surface area contributed by atoms with E-state index < -0.39 is 0 Å². The van der Waals surface area contributed by atoms with Crippen LogP contribution in [0.4, 0.5) is 0 Å². The quantitative estimate of drug-likeness (QED) is 0.788. The van der Waals surface area contributed by atoms with Crippen molar-refractivity contribution < 1.29 is 4.79 Å². The summed E-state index contributed by atoms with van der Waals surface area (Å²) in [6, 6.07) is 15.5. The third kappa shape index (κ3) is 5.91. The minimum atomic E-state index is 0.0472. The third-order valence-electron chi connectivity index (χ3n) is 3.08. The molecule has 5 heteroatoms. The highest BCUT2D eigenvalue weighted by Gasteiger charge is 2.05. The van der Waals surface area contributed by atoms with Gasteiger partial charge in [-0.3, -0.25) is 4.79 Å². The maximum Gasteiger partial charge on any atom is 0.230 e. The number of hydrogen-bond acceptors (Lipinski definition) is 2. The molecule has 0 saturated heterocycles. The van der Waals surface area contributed by atoms with Crippen LogP contribution < -0.4 is 5.32 Å². The Kier molecular flexibility index (Phi) is 7.10. The number of carbonyl (C=O) groups is 1. The Morgan fingerprint density at radius 1 is 1.09 bits per heavy atom. The predicted octanol–water partition coefficient (Wildman–Crippen LogP) is 4.59. The molecule has 0 saturated carbocycles. The average molecular weight is 354 g/mol. The van der Waals surface area contributed by atoms with E-state index >= 15 is 0 Å². The van der Waals surface area contributed by atoms with E-state index in [1.54, 1.807) is 17.8 Å². The summed E-state index contributed by atoms with van der Waals surface area (Å²) >= 11 is 13.5. The van der Waals surface area contributed by atoms with E-state index in [0.29, 0.717) is 28.1 Å². The lowest BCUT2D eigenvalue weighted by molar-refractivity contribution is -0.118. The van der Waals surface area contributed by atoms with Crippen molar-refractivity contribution in [2.24, 2.45) is 0 Å². The molecule has 2 nitrogen and oxygen atoms in total. The van der Waals surface area contributed by atoms with E-state index in [0.717, 1.165) is 12.0 Å². The molecular weight excluding hydrogens is 337 g/mol. The van der Waals surface area contributed by atoms with Crippen LogP contribution in [0.2, 0.25) is 10.0 Å². The summed E-state index contributed by atoms with van der Waals surface area (Å²) < 4.78 is 0. The number of amides is 1. The maximum atomic E-state index is 11.8. The molecule has 2 rings (SSSR count). The van der Waals surface area contributed by atoms with E-state index in [-0.39, 0.29) is 5.91 Å². The van der Waals surface area contributed by atoms with Gasteiger partial charge in [0.25, 0.3) is 0 Å². The highest BCUT2D eigenvalue weighted by molar-refractivity contribution is 7.99. The molecule has 1 amide bonds. The van der Waals surface area contributed by atoms with E-state index in [1.165, 1.54) is 5.56 Å². The molecule has 0 unspecified atom stereocenters. The number of hydrogen-bond donors (Lipinski definition) is 1. The smallest absolute Gasteiger partial charge is 0.230 e. The largest absolute Gasteiger partial charge is 0.355 e. The molecule has 0 bridgehead atoms. The lowest BCUT2D eigenvalue weighted by Gasteiger charge is -2.06. The number of carbonyl (C=O) groups excluding carboxylic acids is 1. The van der Waals surface area contributed by atoms with Gasteiger partial charge in [-0.05, 0) is 29.7 Å². The van der Waals surface area contributed by atoms with Gasteiger partial charge in [-0.25, -0.2) is 0 Å². The maximum absolute atomic E-state index is 11.8. The summed E-state index contributed by atoms with van der Waals surface area (Å²) in [6.45, 7) is 0.658. The monoisotopic (exact) mass is 353 g/mol. The average Bonchev–Trinajstić information content (AvgIpc) is 2.50. The fourth-order valence-corrected chi connectivity index (χ4v) is 3.35. The van der Waals surface area contributed by atoms with Gasteiger partial charge in [-0.15, -0.1) is 11.8 Å². The topological polar surface area (TPSA) is 29.1 Å². The van der Waals surface area contributed by atoms with Crippen molar-refractivity contribution in [3.63, 3.8) is 0 Å². The van der Waals surface area contributed by atoms with Gasteiger partial charge < -0.3 is 5.32 Å². The van der Waals surface area contributed by atoms with Crippen LogP contribution in [-0.4, -0.2) is 18.2 Å². The van der Waals surface area contributed by atoms with E-state index in [4.69, 9.17) is 23.2 Å². The SMILES string of the molecule is O=C(CSCc1ccc(Cl)cc1Cl)NCCc1ccccc1. The van der Waals surface area contributed by atoms with Crippen LogP contribution >= 0.6 is 35.0 Å². The standard InChI is InChI=1S/C17H17Cl2NOS/c18-15-7-6-14(16(19)10-15)11-22-12-17(21)20-9-8-13-4-2-1-3-5-13/h1-7,10H,8-9,11-12H2,(H,20,21). The zero-order chi connectivity index (χ0) is 15.8. The number of benzene rings is 2. The van der Waals surface area contributed by atoms with Crippen LogP contribution in [-0.2, 0) is 17.0 Å². The van der Waals surface area contributed by atoms with Crippen LogP contribution in [0.25, 0.3) is 0 Å². The third-order valence-corrected chi connectivity index (χ3v) is 4.65. The van der Waals surface area contributed by atoms with Gasteiger partial charge in [0.05, 0.1) is 5.75 Å². The molecule has 2 aromatic carbocycles. The normalized spacial score (nSPS) is 10.5. The highest BCUT2D eigenvalue weighted by Crippen LogP contribution is 2.24. The molecule has 0 radical (unpaired) electrons. The Morgan fingerprint density at radius 2 is 1.86 bits per heavy atom. The van der Waals surface area contributed by atoms with Gasteiger partial charge in [0.15, 0.2) is 0 Å². The van der Waals surface area contributed by atoms with Gasteiger partial charge in [-0.1, -0.05) is 59.6 Å². The first kappa shape index (κ1) is 17.2. The van der Waals surface area contributed by atoms with E-state index in [2.05, 4.69) is 17.4 Å². The number of thioether (sulfide) groups is 1. The van der Waals surface area contributed by atoms with Gasteiger partial charge in [-0.2, -0.15) is 0 Å². The molecular formula is C17H17Cl2NOS. The first-order valence-electron chi connectivity index (χ1n) is 6.97. The zero-order valence-electron chi connectivity index (χ0n) is 12.0. The minimum Gasteiger partial charge on any atom is -0.355 e.